The first kappa shape index (κ1) is 17.8. The van der Waals surface area contributed by atoms with E-state index in [0.29, 0.717) is 25.5 Å². The van der Waals surface area contributed by atoms with Gasteiger partial charge < -0.3 is 19.5 Å². The molecule has 1 atom stereocenters. The summed E-state index contributed by atoms with van der Waals surface area (Å²) < 4.78 is 10.4. The van der Waals surface area contributed by atoms with Crippen molar-refractivity contribution in [1.29, 1.82) is 0 Å². The van der Waals surface area contributed by atoms with Crippen LogP contribution in [0.3, 0.4) is 0 Å². The highest BCUT2D eigenvalue weighted by Gasteiger charge is 2.19. The van der Waals surface area contributed by atoms with Crippen LogP contribution in [0.5, 0.6) is 0 Å². The number of rotatable bonds is 9. The summed E-state index contributed by atoms with van der Waals surface area (Å²) in [5.74, 6) is 0.974. The Morgan fingerprint density at radius 3 is 2.48 bits per heavy atom. The van der Waals surface area contributed by atoms with Gasteiger partial charge in [0.05, 0.1) is 37.4 Å². The van der Waals surface area contributed by atoms with Gasteiger partial charge in [-0.3, -0.25) is 0 Å². The van der Waals surface area contributed by atoms with Crippen LogP contribution in [0, 0.1) is 0 Å². The molecule has 1 N–H and O–H groups in total. The van der Waals surface area contributed by atoms with Crippen molar-refractivity contribution in [3.8, 4) is 0 Å². The number of aliphatic hydroxyl groups excluding tert-OH is 1. The van der Waals surface area contributed by atoms with E-state index >= 15 is 0 Å². The minimum absolute atomic E-state index is 0.110. The van der Waals surface area contributed by atoms with Crippen LogP contribution in [0.4, 0.5) is 5.69 Å². The Kier molecular flexibility index (Phi) is 7.56. The quantitative estimate of drug-likeness (QED) is 0.746. The summed E-state index contributed by atoms with van der Waals surface area (Å²) >= 11 is 0. The molecule has 0 amide bonds. The first-order valence-electron chi connectivity index (χ1n) is 7.26. The summed E-state index contributed by atoms with van der Waals surface area (Å²) in [7, 11) is 3.35. The van der Waals surface area contributed by atoms with E-state index in [4.69, 9.17) is 9.47 Å². The normalized spacial score (nSPS) is 12.7. The van der Waals surface area contributed by atoms with Gasteiger partial charge >= 0.3 is 0 Å². The van der Waals surface area contributed by atoms with Crippen LogP contribution in [0.1, 0.15) is 38.2 Å². The van der Waals surface area contributed by atoms with Gasteiger partial charge in [-0.2, -0.15) is 0 Å². The Labute approximate surface area is 127 Å². The first-order valence-corrected chi connectivity index (χ1v) is 7.26. The molecule has 0 saturated heterocycles. The van der Waals surface area contributed by atoms with Crippen molar-refractivity contribution >= 4 is 5.69 Å². The second-order valence-electron chi connectivity index (χ2n) is 5.36. The molecule has 6 nitrogen and oxygen atoms in total. The van der Waals surface area contributed by atoms with Crippen molar-refractivity contribution in [2.24, 2.45) is 0 Å². The number of aliphatic hydroxyl groups is 1. The second kappa shape index (κ2) is 8.92. The van der Waals surface area contributed by atoms with Crippen LogP contribution in [0.15, 0.2) is 6.20 Å². The first-order chi connectivity index (χ1) is 10.0. The largest absolute Gasteiger partial charge is 0.390 e. The fourth-order valence-electron chi connectivity index (χ4n) is 2.16. The Hall–Kier alpha value is -1.24. The zero-order valence-corrected chi connectivity index (χ0v) is 13.7. The van der Waals surface area contributed by atoms with Crippen molar-refractivity contribution in [3.05, 3.63) is 17.7 Å². The van der Waals surface area contributed by atoms with Gasteiger partial charge in [0.25, 0.3) is 0 Å². The molecule has 1 aromatic heterocycles. The fraction of sp³-hybridized carbons (Fsp3) is 0.733. The van der Waals surface area contributed by atoms with E-state index in [-0.39, 0.29) is 18.6 Å². The molecule has 0 bridgehead atoms. The zero-order valence-electron chi connectivity index (χ0n) is 13.7. The van der Waals surface area contributed by atoms with E-state index in [1.165, 1.54) is 0 Å². The van der Waals surface area contributed by atoms with Gasteiger partial charge in [-0.1, -0.05) is 13.8 Å². The monoisotopic (exact) mass is 297 g/mol. The van der Waals surface area contributed by atoms with Crippen molar-refractivity contribution < 1.29 is 14.6 Å². The lowest BCUT2D eigenvalue weighted by Gasteiger charge is -2.31. The van der Waals surface area contributed by atoms with Gasteiger partial charge in [0.1, 0.15) is 5.82 Å². The maximum Gasteiger partial charge on any atom is 0.131 e. The van der Waals surface area contributed by atoms with Gasteiger partial charge in [-0.25, -0.2) is 9.97 Å². The van der Waals surface area contributed by atoms with Crippen LogP contribution >= 0.6 is 0 Å². The van der Waals surface area contributed by atoms with Gasteiger partial charge in [0.2, 0.25) is 0 Å². The number of hydrogen-bond donors (Lipinski definition) is 1. The number of aromatic nitrogens is 2. The molecule has 6 heteroatoms. The summed E-state index contributed by atoms with van der Waals surface area (Å²) in [6.45, 7) is 7.89. The molecule has 0 fully saturated rings. The van der Waals surface area contributed by atoms with E-state index in [1.807, 2.05) is 13.8 Å². The maximum atomic E-state index is 9.63. The molecule has 0 radical (unpaired) electrons. The standard InChI is InChI=1S/C15H27N3O3/c1-11(2)15-16-8-14(13(9-19)17-15)18(6-7-20-4)12(3)10-21-5/h8,11-12,19H,6-7,9-10H2,1-5H3. The number of hydrogen-bond acceptors (Lipinski definition) is 6. The molecule has 0 aliphatic rings. The Morgan fingerprint density at radius 2 is 1.95 bits per heavy atom. The van der Waals surface area contributed by atoms with Crippen LogP contribution in [-0.4, -0.2) is 55.1 Å². The summed E-state index contributed by atoms with van der Waals surface area (Å²) in [6.07, 6.45) is 1.79. The average Bonchev–Trinajstić information content (AvgIpc) is 2.47. The van der Waals surface area contributed by atoms with E-state index in [0.717, 1.165) is 11.5 Å². The topological polar surface area (TPSA) is 67.7 Å². The molecule has 0 spiro atoms. The molecule has 1 aromatic rings. The number of ether oxygens (including phenoxy) is 2. The minimum Gasteiger partial charge on any atom is -0.390 e. The SMILES string of the molecule is COCCN(c1cnc(C(C)C)nc1CO)C(C)COC. The van der Waals surface area contributed by atoms with Gasteiger partial charge in [-0.15, -0.1) is 0 Å². The van der Waals surface area contributed by atoms with Crippen LogP contribution in [0.2, 0.25) is 0 Å². The third-order valence-corrected chi connectivity index (χ3v) is 3.32. The van der Waals surface area contributed by atoms with Gasteiger partial charge in [-0.05, 0) is 6.92 Å². The molecule has 21 heavy (non-hydrogen) atoms. The van der Waals surface area contributed by atoms with E-state index < -0.39 is 0 Å². The third-order valence-electron chi connectivity index (χ3n) is 3.32. The maximum absolute atomic E-state index is 9.63. The Morgan fingerprint density at radius 1 is 1.24 bits per heavy atom. The molecule has 0 saturated carbocycles. The molecule has 120 valence electrons. The molecule has 0 aromatic carbocycles. The summed E-state index contributed by atoms with van der Waals surface area (Å²) in [5.41, 5.74) is 1.48. The van der Waals surface area contributed by atoms with E-state index in [9.17, 15) is 5.11 Å². The molecule has 1 unspecified atom stereocenters. The summed E-state index contributed by atoms with van der Waals surface area (Å²) in [6, 6.07) is 0.143. The lowest BCUT2D eigenvalue weighted by molar-refractivity contribution is 0.170. The fourth-order valence-corrected chi connectivity index (χ4v) is 2.16. The van der Waals surface area contributed by atoms with E-state index in [1.54, 1.807) is 20.4 Å². The Bertz CT molecular complexity index is 427. The zero-order chi connectivity index (χ0) is 15.8. The summed E-state index contributed by atoms with van der Waals surface area (Å²) in [5, 5.41) is 9.63. The minimum atomic E-state index is -0.110. The average molecular weight is 297 g/mol. The van der Waals surface area contributed by atoms with Crippen molar-refractivity contribution in [3.63, 3.8) is 0 Å². The highest BCUT2D eigenvalue weighted by atomic mass is 16.5. The predicted octanol–water partition coefficient (Wildman–Crippen LogP) is 1.58. The van der Waals surface area contributed by atoms with Crippen LogP contribution in [-0.2, 0) is 16.1 Å². The molecule has 1 heterocycles. The number of anilines is 1. The predicted molar refractivity (Wildman–Crippen MR) is 82.6 cm³/mol. The van der Waals surface area contributed by atoms with Crippen LogP contribution in [0.25, 0.3) is 0 Å². The van der Waals surface area contributed by atoms with Crippen molar-refractivity contribution in [2.45, 2.75) is 39.3 Å². The van der Waals surface area contributed by atoms with Crippen molar-refractivity contribution in [2.75, 3.05) is 38.9 Å². The molecule has 0 aliphatic carbocycles. The number of methoxy groups -OCH3 is 2. The lowest BCUT2D eigenvalue weighted by atomic mass is 10.2. The van der Waals surface area contributed by atoms with Gasteiger partial charge in [0.15, 0.2) is 0 Å². The molecule has 1 rings (SSSR count). The van der Waals surface area contributed by atoms with Crippen molar-refractivity contribution in [1.82, 2.24) is 9.97 Å². The second-order valence-corrected chi connectivity index (χ2v) is 5.36. The smallest absolute Gasteiger partial charge is 0.131 e. The number of nitrogens with zero attached hydrogens (tertiary/aromatic N) is 3. The summed E-state index contributed by atoms with van der Waals surface area (Å²) in [4.78, 5) is 11.0. The van der Waals surface area contributed by atoms with Crippen LogP contribution < -0.4 is 4.90 Å². The highest BCUT2D eigenvalue weighted by molar-refractivity contribution is 5.50. The highest BCUT2D eigenvalue weighted by Crippen LogP contribution is 2.22. The molecular weight excluding hydrogens is 270 g/mol. The van der Waals surface area contributed by atoms with Gasteiger partial charge in [0, 0.05) is 32.7 Å². The molecular formula is C15H27N3O3. The van der Waals surface area contributed by atoms with E-state index in [2.05, 4.69) is 21.8 Å². The molecule has 0 aliphatic heterocycles. The lowest BCUT2D eigenvalue weighted by Crippen LogP contribution is -2.39. The third kappa shape index (κ3) is 4.91. The Balaban J connectivity index is 3.10.